The first-order valence-electron chi connectivity index (χ1n) is 12.1. The molecule has 6 unspecified atom stereocenters. The maximum Gasteiger partial charge on any atom is 0.331 e. The van der Waals surface area contributed by atoms with Crippen molar-refractivity contribution in [1.82, 2.24) is 0 Å². The van der Waals surface area contributed by atoms with Gasteiger partial charge in [0.15, 0.2) is 0 Å². The van der Waals surface area contributed by atoms with Crippen LogP contribution in [0, 0.1) is 28.6 Å². The van der Waals surface area contributed by atoms with E-state index in [2.05, 4.69) is 13.8 Å². The largest absolute Gasteiger partial charge is 0.463 e. The average molecular weight is 413 g/mol. The van der Waals surface area contributed by atoms with E-state index in [1.807, 2.05) is 0 Å². The Kier molecular flexibility index (Phi) is 4.91. The van der Waals surface area contributed by atoms with Gasteiger partial charge in [0, 0.05) is 13.0 Å². The zero-order valence-electron chi connectivity index (χ0n) is 18.8. The molecule has 0 aromatic rings. The maximum absolute atomic E-state index is 11.7. The minimum atomic E-state index is -0.176. The summed E-state index contributed by atoms with van der Waals surface area (Å²) in [6, 6.07) is 0. The zero-order valence-corrected chi connectivity index (χ0v) is 18.8. The van der Waals surface area contributed by atoms with E-state index in [1.165, 1.54) is 50.5 Å². The van der Waals surface area contributed by atoms with E-state index >= 15 is 0 Å². The molecule has 1 aliphatic heterocycles. The molecule has 164 valence electrons. The van der Waals surface area contributed by atoms with Gasteiger partial charge in [-0.25, -0.2) is 4.79 Å². The molecular formula is C26H36O4. The smallest absolute Gasteiger partial charge is 0.331 e. The molecule has 1 spiro atoms. The number of ether oxygens (including phenoxy) is 2. The van der Waals surface area contributed by atoms with Crippen molar-refractivity contribution in [3.8, 4) is 0 Å². The second-order valence-electron chi connectivity index (χ2n) is 10.9. The Labute approximate surface area is 180 Å². The molecule has 4 aliphatic carbocycles. The van der Waals surface area contributed by atoms with Crippen molar-refractivity contribution in [1.29, 1.82) is 0 Å². The molecule has 30 heavy (non-hydrogen) atoms. The van der Waals surface area contributed by atoms with Gasteiger partial charge in [0.05, 0.1) is 0 Å². The third-order valence-electron chi connectivity index (χ3n) is 9.89. The zero-order chi connectivity index (χ0) is 21.1. The Morgan fingerprint density at radius 1 is 1.13 bits per heavy atom. The van der Waals surface area contributed by atoms with Crippen LogP contribution in [0.25, 0.3) is 0 Å². The quantitative estimate of drug-likeness (QED) is 0.561. The van der Waals surface area contributed by atoms with E-state index in [0.717, 1.165) is 36.7 Å². The Morgan fingerprint density at radius 3 is 2.70 bits per heavy atom. The lowest BCUT2D eigenvalue weighted by Crippen LogP contribution is -2.54. The number of hydrogen-bond acceptors (Lipinski definition) is 4. The van der Waals surface area contributed by atoms with Gasteiger partial charge in [-0.05, 0) is 104 Å². The second kappa shape index (κ2) is 7.24. The highest BCUT2D eigenvalue weighted by atomic mass is 16.5. The van der Waals surface area contributed by atoms with Gasteiger partial charge in [0.1, 0.15) is 12.7 Å². The highest BCUT2D eigenvalue weighted by Gasteiger charge is 2.59. The molecule has 5 rings (SSSR count). The second-order valence-corrected chi connectivity index (χ2v) is 10.9. The van der Waals surface area contributed by atoms with Crippen LogP contribution in [0.5, 0.6) is 0 Å². The summed E-state index contributed by atoms with van der Waals surface area (Å²) in [4.78, 5) is 23.1. The minimum absolute atomic E-state index is 0.126. The van der Waals surface area contributed by atoms with Gasteiger partial charge in [0.2, 0.25) is 0 Å². The van der Waals surface area contributed by atoms with E-state index in [4.69, 9.17) is 9.47 Å². The Morgan fingerprint density at radius 2 is 1.97 bits per heavy atom. The SMILES string of the molecule is CC(=O)OC1CCC2(C)C(CCC3C2CCCC32CCC(C3=CC(=O)OC3)=C2C)C1. The van der Waals surface area contributed by atoms with E-state index < -0.39 is 0 Å². The number of carbonyl (C=O) groups excluding carboxylic acids is 2. The van der Waals surface area contributed by atoms with Gasteiger partial charge in [-0.1, -0.05) is 18.9 Å². The van der Waals surface area contributed by atoms with Crippen LogP contribution in [-0.4, -0.2) is 24.6 Å². The fraction of sp³-hybridized carbons (Fsp3) is 0.769. The van der Waals surface area contributed by atoms with Gasteiger partial charge in [-0.2, -0.15) is 0 Å². The van der Waals surface area contributed by atoms with Gasteiger partial charge in [-0.3, -0.25) is 4.79 Å². The number of hydrogen-bond donors (Lipinski definition) is 0. The maximum atomic E-state index is 11.7. The molecule has 0 aromatic carbocycles. The fourth-order valence-corrected chi connectivity index (χ4v) is 8.46. The molecular weight excluding hydrogens is 376 g/mol. The predicted octanol–water partition coefficient (Wildman–Crippen LogP) is 5.51. The lowest BCUT2D eigenvalue weighted by Gasteiger charge is -2.61. The summed E-state index contributed by atoms with van der Waals surface area (Å²) in [7, 11) is 0. The highest BCUT2D eigenvalue weighted by Crippen LogP contribution is 2.67. The monoisotopic (exact) mass is 412 g/mol. The summed E-state index contributed by atoms with van der Waals surface area (Å²) in [6.07, 6.45) is 14.0. The fourth-order valence-electron chi connectivity index (χ4n) is 8.46. The van der Waals surface area contributed by atoms with Crippen molar-refractivity contribution in [2.75, 3.05) is 6.61 Å². The highest BCUT2D eigenvalue weighted by molar-refractivity contribution is 5.86. The van der Waals surface area contributed by atoms with Gasteiger partial charge in [-0.15, -0.1) is 0 Å². The van der Waals surface area contributed by atoms with Crippen LogP contribution in [0.3, 0.4) is 0 Å². The standard InChI is InChI=1S/C26H36O4/c1-16-21(18-13-24(28)29-15-18)9-12-26(16)10-4-5-22-23(26)7-6-19-14-20(30-17(2)27)8-11-25(19,22)3/h13,19-20,22-23H,4-12,14-15H2,1-3H3. The van der Waals surface area contributed by atoms with Crippen LogP contribution in [-0.2, 0) is 19.1 Å². The summed E-state index contributed by atoms with van der Waals surface area (Å²) in [5, 5.41) is 0. The van der Waals surface area contributed by atoms with Crippen LogP contribution < -0.4 is 0 Å². The molecule has 0 aromatic heterocycles. The number of cyclic esters (lactones) is 1. The summed E-state index contributed by atoms with van der Waals surface area (Å²) in [6.45, 7) is 6.92. The molecule has 0 saturated heterocycles. The van der Waals surface area contributed by atoms with E-state index in [-0.39, 0.29) is 18.0 Å². The van der Waals surface area contributed by atoms with Gasteiger partial charge < -0.3 is 9.47 Å². The first kappa shape index (κ1) is 20.3. The number of esters is 2. The molecule has 5 aliphatic rings. The van der Waals surface area contributed by atoms with Crippen molar-refractivity contribution in [2.45, 2.75) is 91.1 Å². The molecule has 1 heterocycles. The lowest BCUT2D eigenvalue weighted by molar-refractivity contribution is -0.158. The summed E-state index contributed by atoms with van der Waals surface area (Å²) in [5.41, 5.74) is 4.83. The number of fused-ring (bicyclic) bond motifs is 4. The van der Waals surface area contributed by atoms with Crippen LogP contribution in [0.2, 0.25) is 0 Å². The molecule has 3 fully saturated rings. The van der Waals surface area contributed by atoms with Gasteiger partial charge in [0.25, 0.3) is 0 Å². The van der Waals surface area contributed by atoms with Crippen molar-refractivity contribution in [2.24, 2.45) is 28.6 Å². The molecule has 0 amide bonds. The molecule has 0 radical (unpaired) electrons. The Bertz CT molecular complexity index is 823. The lowest BCUT2D eigenvalue weighted by atomic mass is 9.44. The van der Waals surface area contributed by atoms with Crippen molar-refractivity contribution in [3.05, 3.63) is 22.8 Å². The first-order chi connectivity index (χ1) is 14.3. The normalized spacial score (nSPS) is 43.2. The average Bonchev–Trinajstić information content (AvgIpc) is 3.27. The molecule has 6 atom stereocenters. The van der Waals surface area contributed by atoms with Crippen LogP contribution >= 0.6 is 0 Å². The Hall–Kier alpha value is -1.58. The third kappa shape index (κ3) is 3.00. The van der Waals surface area contributed by atoms with Crippen molar-refractivity contribution in [3.63, 3.8) is 0 Å². The van der Waals surface area contributed by atoms with E-state index in [1.54, 1.807) is 18.6 Å². The molecule has 0 bridgehead atoms. The van der Waals surface area contributed by atoms with E-state index in [0.29, 0.717) is 23.4 Å². The van der Waals surface area contributed by atoms with Crippen molar-refractivity contribution < 1.29 is 19.1 Å². The number of carbonyl (C=O) groups is 2. The van der Waals surface area contributed by atoms with Gasteiger partial charge >= 0.3 is 11.9 Å². The van der Waals surface area contributed by atoms with Crippen LogP contribution in [0.4, 0.5) is 0 Å². The number of rotatable bonds is 2. The topological polar surface area (TPSA) is 52.6 Å². The van der Waals surface area contributed by atoms with Crippen LogP contribution in [0.15, 0.2) is 22.8 Å². The van der Waals surface area contributed by atoms with E-state index in [9.17, 15) is 9.59 Å². The Balaban J connectivity index is 1.42. The predicted molar refractivity (Wildman–Crippen MR) is 114 cm³/mol. The number of allylic oxidation sites excluding steroid dienone is 1. The minimum Gasteiger partial charge on any atom is -0.463 e. The summed E-state index contributed by atoms with van der Waals surface area (Å²) < 4.78 is 10.9. The third-order valence-corrected chi connectivity index (χ3v) is 9.89. The summed E-state index contributed by atoms with van der Waals surface area (Å²) >= 11 is 0. The first-order valence-corrected chi connectivity index (χ1v) is 12.1. The molecule has 4 nitrogen and oxygen atoms in total. The summed E-state index contributed by atoms with van der Waals surface area (Å²) in [5.74, 6) is 1.91. The van der Waals surface area contributed by atoms with Crippen LogP contribution in [0.1, 0.15) is 85.0 Å². The molecule has 0 N–H and O–H groups in total. The molecule has 4 heteroatoms. The molecule has 3 saturated carbocycles. The van der Waals surface area contributed by atoms with Crippen molar-refractivity contribution >= 4 is 11.9 Å².